The van der Waals surface area contributed by atoms with E-state index < -0.39 is 0 Å². The maximum Gasteiger partial charge on any atom is 0.278 e. The number of ether oxygens (including phenoxy) is 1. The SMILES string of the molecule is COc1ccc2c(c1)c1nc3n(c(=O)c1n2Cc1ccccc1Cl)CCS3. The summed E-state index contributed by atoms with van der Waals surface area (Å²) in [6.45, 7) is 1.20. The number of hydrogen-bond donors (Lipinski definition) is 0. The lowest BCUT2D eigenvalue weighted by atomic mass is 10.2. The smallest absolute Gasteiger partial charge is 0.278 e. The number of benzene rings is 2. The molecule has 4 aromatic rings. The molecule has 2 aromatic heterocycles. The molecule has 0 aliphatic carbocycles. The van der Waals surface area contributed by atoms with Crippen LogP contribution in [0.1, 0.15) is 5.56 Å². The van der Waals surface area contributed by atoms with Gasteiger partial charge in [-0.3, -0.25) is 9.36 Å². The van der Waals surface area contributed by atoms with E-state index in [4.69, 9.17) is 21.3 Å². The maximum absolute atomic E-state index is 13.3. The van der Waals surface area contributed by atoms with Crippen molar-refractivity contribution in [2.75, 3.05) is 12.9 Å². The summed E-state index contributed by atoms with van der Waals surface area (Å²) in [7, 11) is 1.64. The summed E-state index contributed by atoms with van der Waals surface area (Å²) in [6.07, 6.45) is 0. The molecule has 0 fully saturated rings. The highest BCUT2D eigenvalue weighted by molar-refractivity contribution is 7.99. The zero-order valence-electron chi connectivity index (χ0n) is 14.6. The van der Waals surface area contributed by atoms with Crippen molar-refractivity contribution in [3.8, 4) is 5.75 Å². The summed E-state index contributed by atoms with van der Waals surface area (Å²) in [4.78, 5) is 18.1. The number of aromatic nitrogens is 3. The quantitative estimate of drug-likeness (QED) is 0.487. The van der Waals surface area contributed by atoms with Gasteiger partial charge in [0.1, 0.15) is 16.8 Å². The van der Waals surface area contributed by atoms with E-state index in [0.29, 0.717) is 23.6 Å². The molecule has 1 aliphatic heterocycles. The van der Waals surface area contributed by atoms with Crippen molar-refractivity contribution in [2.24, 2.45) is 0 Å². The van der Waals surface area contributed by atoms with Crippen molar-refractivity contribution in [3.63, 3.8) is 0 Å². The molecule has 7 heteroatoms. The molecular formula is C20H16ClN3O2S. The van der Waals surface area contributed by atoms with Gasteiger partial charge in [-0.1, -0.05) is 41.6 Å². The molecule has 5 nitrogen and oxygen atoms in total. The minimum atomic E-state index is 0.00206. The van der Waals surface area contributed by atoms with Crippen LogP contribution in [-0.2, 0) is 13.1 Å². The van der Waals surface area contributed by atoms with Gasteiger partial charge < -0.3 is 9.30 Å². The predicted molar refractivity (Wildman–Crippen MR) is 109 cm³/mol. The van der Waals surface area contributed by atoms with Crippen molar-refractivity contribution in [1.29, 1.82) is 0 Å². The van der Waals surface area contributed by atoms with Crippen LogP contribution in [0.2, 0.25) is 5.02 Å². The average molecular weight is 398 g/mol. The van der Waals surface area contributed by atoms with Crippen molar-refractivity contribution < 1.29 is 4.74 Å². The van der Waals surface area contributed by atoms with Gasteiger partial charge in [-0.15, -0.1) is 0 Å². The Kier molecular flexibility index (Phi) is 3.91. The number of rotatable bonds is 3. The summed E-state index contributed by atoms with van der Waals surface area (Å²) in [5.41, 5.74) is 3.26. The molecule has 0 bridgehead atoms. The van der Waals surface area contributed by atoms with Gasteiger partial charge in [0.15, 0.2) is 5.16 Å². The summed E-state index contributed by atoms with van der Waals surface area (Å²) >= 11 is 8.01. The molecule has 3 heterocycles. The Hall–Kier alpha value is -2.44. The van der Waals surface area contributed by atoms with Gasteiger partial charge in [0.2, 0.25) is 0 Å². The first-order valence-electron chi connectivity index (χ1n) is 8.64. The molecule has 2 aromatic carbocycles. The van der Waals surface area contributed by atoms with Crippen LogP contribution in [0, 0.1) is 0 Å². The predicted octanol–water partition coefficient (Wildman–Crippen LogP) is 4.17. The van der Waals surface area contributed by atoms with E-state index in [1.54, 1.807) is 23.4 Å². The zero-order chi connectivity index (χ0) is 18.5. The minimum Gasteiger partial charge on any atom is -0.497 e. The van der Waals surface area contributed by atoms with Gasteiger partial charge in [0.05, 0.1) is 12.6 Å². The lowest BCUT2D eigenvalue weighted by Gasteiger charge is -2.10. The number of nitrogens with zero attached hydrogens (tertiary/aromatic N) is 3. The van der Waals surface area contributed by atoms with Crippen LogP contribution in [0.4, 0.5) is 0 Å². The van der Waals surface area contributed by atoms with Crippen LogP contribution in [-0.4, -0.2) is 27.0 Å². The Balaban J connectivity index is 1.87. The Morgan fingerprint density at radius 2 is 2.11 bits per heavy atom. The number of hydrogen-bond acceptors (Lipinski definition) is 4. The monoisotopic (exact) mass is 397 g/mol. The van der Waals surface area contributed by atoms with Gasteiger partial charge in [0, 0.05) is 29.3 Å². The van der Waals surface area contributed by atoms with Crippen molar-refractivity contribution in [3.05, 3.63) is 63.4 Å². The van der Waals surface area contributed by atoms with E-state index in [-0.39, 0.29) is 5.56 Å². The fourth-order valence-electron chi connectivity index (χ4n) is 3.64. The summed E-state index contributed by atoms with van der Waals surface area (Å²) < 4.78 is 9.19. The van der Waals surface area contributed by atoms with E-state index >= 15 is 0 Å². The third-order valence-electron chi connectivity index (χ3n) is 4.96. The van der Waals surface area contributed by atoms with Crippen LogP contribution >= 0.6 is 23.4 Å². The average Bonchev–Trinajstić information content (AvgIpc) is 3.27. The molecule has 136 valence electrons. The number of methoxy groups -OCH3 is 1. The van der Waals surface area contributed by atoms with E-state index in [2.05, 4.69) is 0 Å². The fraction of sp³-hybridized carbons (Fsp3) is 0.200. The highest BCUT2D eigenvalue weighted by atomic mass is 35.5. The molecule has 1 aliphatic rings. The van der Waals surface area contributed by atoms with Crippen LogP contribution in [0.25, 0.3) is 21.9 Å². The third kappa shape index (κ3) is 2.55. The second-order valence-corrected chi connectivity index (χ2v) is 7.93. The van der Waals surface area contributed by atoms with Gasteiger partial charge in [-0.05, 0) is 29.8 Å². The Morgan fingerprint density at radius 1 is 1.26 bits per heavy atom. The minimum absolute atomic E-state index is 0.00206. The molecule has 0 saturated heterocycles. The lowest BCUT2D eigenvalue weighted by Crippen LogP contribution is -2.22. The first kappa shape index (κ1) is 16.7. The Morgan fingerprint density at radius 3 is 2.93 bits per heavy atom. The normalized spacial score (nSPS) is 13.4. The number of fused-ring (bicyclic) bond motifs is 4. The first-order valence-corrected chi connectivity index (χ1v) is 10.0. The highest BCUT2D eigenvalue weighted by Crippen LogP contribution is 2.33. The van der Waals surface area contributed by atoms with Gasteiger partial charge >= 0.3 is 0 Å². The summed E-state index contributed by atoms with van der Waals surface area (Å²) in [5.74, 6) is 1.62. The first-order chi connectivity index (χ1) is 13.2. The maximum atomic E-state index is 13.3. The molecule has 0 N–H and O–H groups in total. The largest absolute Gasteiger partial charge is 0.497 e. The number of halogens is 1. The summed E-state index contributed by atoms with van der Waals surface area (Å²) in [5, 5.41) is 2.39. The van der Waals surface area contributed by atoms with Crippen LogP contribution in [0.15, 0.2) is 52.4 Å². The van der Waals surface area contributed by atoms with Gasteiger partial charge in [0.25, 0.3) is 5.56 Å². The van der Waals surface area contributed by atoms with E-state index in [9.17, 15) is 4.79 Å². The van der Waals surface area contributed by atoms with Crippen molar-refractivity contribution in [2.45, 2.75) is 18.2 Å². The fourth-order valence-corrected chi connectivity index (χ4v) is 4.78. The van der Waals surface area contributed by atoms with Crippen molar-refractivity contribution in [1.82, 2.24) is 14.1 Å². The lowest BCUT2D eigenvalue weighted by molar-refractivity contribution is 0.415. The topological polar surface area (TPSA) is 49.1 Å². The van der Waals surface area contributed by atoms with Gasteiger partial charge in [-0.2, -0.15) is 0 Å². The second-order valence-electron chi connectivity index (χ2n) is 6.46. The highest BCUT2D eigenvalue weighted by Gasteiger charge is 2.23. The second kappa shape index (κ2) is 6.32. The van der Waals surface area contributed by atoms with Crippen LogP contribution in [0.5, 0.6) is 5.75 Å². The molecule has 27 heavy (non-hydrogen) atoms. The third-order valence-corrected chi connectivity index (χ3v) is 6.29. The molecule has 0 unspecified atom stereocenters. The molecule has 0 atom stereocenters. The molecule has 0 amide bonds. The molecule has 0 radical (unpaired) electrons. The molecule has 0 spiro atoms. The zero-order valence-corrected chi connectivity index (χ0v) is 16.2. The van der Waals surface area contributed by atoms with Crippen LogP contribution in [0.3, 0.4) is 0 Å². The Labute approximate surface area is 164 Å². The summed E-state index contributed by atoms with van der Waals surface area (Å²) in [6, 6.07) is 13.6. The molecule has 5 rings (SSSR count). The molecule has 0 saturated carbocycles. The van der Waals surface area contributed by atoms with Gasteiger partial charge in [-0.25, -0.2) is 4.98 Å². The number of thioether (sulfide) groups is 1. The van der Waals surface area contributed by atoms with E-state index in [0.717, 1.165) is 38.6 Å². The van der Waals surface area contributed by atoms with Crippen molar-refractivity contribution >= 4 is 45.3 Å². The van der Waals surface area contributed by atoms with E-state index in [1.807, 2.05) is 47.0 Å². The van der Waals surface area contributed by atoms with E-state index in [1.165, 1.54) is 0 Å². The molecular weight excluding hydrogens is 382 g/mol. The standard InChI is InChI=1S/C20H16ClN3O2S/c1-26-13-6-7-16-14(10-13)17-18(19(25)23-8-9-27-20(23)22-17)24(16)11-12-4-2-3-5-15(12)21/h2-7,10H,8-9,11H2,1H3. The Bertz CT molecular complexity index is 1260. The van der Waals surface area contributed by atoms with Crippen LogP contribution < -0.4 is 10.3 Å².